The number of aromatic nitrogens is 1. The first-order valence-electron chi connectivity index (χ1n) is 9.00. The molecule has 2 amide bonds. The van der Waals surface area contributed by atoms with Crippen molar-refractivity contribution in [3.63, 3.8) is 0 Å². The monoisotopic (exact) mass is 398 g/mol. The van der Waals surface area contributed by atoms with Crippen molar-refractivity contribution in [3.8, 4) is 10.6 Å². The molecule has 1 aliphatic heterocycles. The van der Waals surface area contributed by atoms with E-state index in [1.54, 1.807) is 22.7 Å². The van der Waals surface area contributed by atoms with Crippen LogP contribution in [0.2, 0.25) is 0 Å². The number of thiophene rings is 1. The molecule has 3 aromatic rings. The molecule has 2 aromatic heterocycles. The van der Waals surface area contributed by atoms with E-state index in [-0.39, 0.29) is 6.03 Å². The molecule has 140 valence electrons. The molecule has 1 N–H and O–H groups in total. The fraction of sp³-hybridized carbons (Fsp3) is 0.300. The lowest BCUT2D eigenvalue weighted by molar-refractivity contribution is 0.143. The fourth-order valence-electron chi connectivity index (χ4n) is 3.15. The maximum absolute atomic E-state index is 12.5. The summed E-state index contributed by atoms with van der Waals surface area (Å²) in [7, 11) is 0. The van der Waals surface area contributed by atoms with Crippen LogP contribution >= 0.6 is 22.7 Å². The molecule has 1 saturated heterocycles. The quantitative estimate of drug-likeness (QED) is 0.702. The van der Waals surface area contributed by atoms with Gasteiger partial charge in [-0.05, 0) is 36.1 Å². The molecule has 0 saturated carbocycles. The second-order valence-corrected chi connectivity index (χ2v) is 8.56. The molecule has 1 aliphatic rings. The van der Waals surface area contributed by atoms with Gasteiger partial charge in [-0.2, -0.15) is 0 Å². The van der Waals surface area contributed by atoms with Crippen LogP contribution in [0, 0.1) is 6.92 Å². The highest BCUT2D eigenvalue weighted by Gasteiger charge is 2.22. The predicted molar refractivity (Wildman–Crippen MR) is 112 cm³/mol. The van der Waals surface area contributed by atoms with Crippen molar-refractivity contribution in [1.82, 2.24) is 14.8 Å². The lowest BCUT2D eigenvalue weighted by atomic mass is 10.2. The first kappa shape index (κ1) is 18.2. The van der Waals surface area contributed by atoms with Crippen LogP contribution in [0.5, 0.6) is 0 Å². The normalized spacial score (nSPS) is 15.1. The smallest absolute Gasteiger partial charge is 0.321 e. The minimum Gasteiger partial charge on any atom is -0.322 e. The van der Waals surface area contributed by atoms with E-state index in [0.717, 1.165) is 54.7 Å². The molecule has 0 unspecified atom stereocenters. The Morgan fingerprint density at radius 2 is 2.00 bits per heavy atom. The van der Waals surface area contributed by atoms with Crippen molar-refractivity contribution in [3.05, 3.63) is 57.7 Å². The summed E-state index contributed by atoms with van der Waals surface area (Å²) in [5.74, 6) is 0. The van der Waals surface area contributed by atoms with E-state index in [4.69, 9.17) is 4.98 Å². The van der Waals surface area contributed by atoms with Crippen LogP contribution in [-0.4, -0.2) is 47.0 Å². The third-order valence-electron chi connectivity index (χ3n) is 4.61. The number of amides is 2. The third kappa shape index (κ3) is 4.55. The highest BCUT2D eigenvalue weighted by atomic mass is 32.1. The summed E-state index contributed by atoms with van der Waals surface area (Å²) < 4.78 is 0. The van der Waals surface area contributed by atoms with Gasteiger partial charge in [-0.15, -0.1) is 22.7 Å². The number of rotatable bonds is 4. The second kappa shape index (κ2) is 8.21. The highest BCUT2D eigenvalue weighted by molar-refractivity contribution is 7.14. The number of aryl methyl sites for hydroxylation is 1. The first-order chi connectivity index (χ1) is 13.2. The Kier molecular flexibility index (Phi) is 5.52. The molecule has 1 aromatic carbocycles. The van der Waals surface area contributed by atoms with Gasteiger partial charge in [0.1, 0.15) is 5.01 Å². The van der Waals surface area contributed by atoms with Crippen molar-refractivity contribution in [2.75, 3.05) is 31.5 Å². The van der Waals surface area contributed by atoms with Crippen LogP contribution < -0.4 is 5.32 Å². The van der Waals surface area contributed by atoms with Gasteiger partial charge in [0.2, 0.25) is 0 Å². The summed E-state index contributed by atoms with van der Waals surface area (Å²) in [5, 5.41) is 8.34. The van der Waals surface area contributed by atoms with Crippen LogP contribution in [0.15, 0.2) is 47.2 Å². The number of urea groups is 1. The molecular formula is C20H22N4OS2. The van der Waals surface area contributed by atoms with Crippen LogP contribution in [0.1, 0.15) is 10.6 Å². The minimum absolute atomic E-state index is 0.0190. The Morgan fingerprint density at radius 3 is 2.74 bits per heavy atom. The van der Waals surface area contributed by atoms with Gasteiger partial charge in [0.05, 0.1) is 17.1 Å². The number of anilines is 1. The number of benzene rings is 1. The molecule has 27 heavy (non-hydrogen) atoms. The van der Waals surface area contributed by atoms with Crippen molar-refractivity contribution in [2.45, 2.75) is 13.5 Å². The third-order valence-corrected chi connectivity index (χ3v) is 6.34. The number of hydrogen-bond donors (Lipinski definition) is 1. The molecule has 4 rings (SSSR count). The van der Waals surface area contributed by atoms with E-state index in [9.17, 15) is 4.79 Å². The zero-order valence-electron chi connectivity index (χ0n) is 15.2. The topological polar surface area (TPSA) is 48.5 Å². The van der Waals surface area contributed by atoms with E-state index in [1.807, 2.05) is 36.1 Å². The van der Waals surface area contributed by atoms with Gasteiger partial charge in [-0.25, -0.2) is 9.78 Å². The summed E-state index contributed by atoms with van der Waals surface area (Å²) in [4.78, 5) is 22.7. The molecule has 3 heterocycles. The van der Waals surface area contributed by atoms with E-state index < -0.39 is 0 Å². The zero-order valence-corrected chi connectivity index (χ0v) is 16.9. The number of hydrogen-bond acceptors (Lipinski definition) is 5. The number of nitrogens with one attached hydrogen (secondary N) is 1. The fourth-order valence-corrected chi connectivity index (χ4v) is 4.74. The Morgan fingerprint density at radius 1 is 1.15 bits per heavy atom. The second-order valence-electron chi connectivity index (χ2n) is 6.67. The number of nitrogens with zero attached hydrogens (tertiary/aromatic N) is 3. The number of thiazole rings is 1. The van der Waals surface area contributed by atoms with Gasteiger partial charge in [-0.1, -0.05) is 18.2 Å². The molecule has 1 fully saturated rings. The predicted octanol–water partition coefficient (Wildman–Crippen LogP) is 4.53. The van der Waals surface area contributed by atoms with E-state index >= 15 is 0 Å². The van der Waals surface area contributed by atoms with Crippen molar-refractivity contribution >= 4 is 34.4 Å². The number of carbonyl (C=O) groups excluding carboxylic acids is 1. The number of carbonyl (C=O) groups is 1. The van der Waals surface area contributed by atoms with Crippen molar-refractivity contribution in [1.29, 1.82) is 0 Å². The van der Waals surface area contributed by atoms with Gasteiger partial charge >= 0.3 is 6.03 Å². The molecule has 5 nitrogen and oxygen atoms in total. The average Bonchev–Trinajstić information content (AvgIpc) is 3.34. The van der Waals surface area contributed by atoms with Crippen LogP contribution in [-0.2, 0) is 6.54 Å². The lowest BCUT2D eigenvalue weighted by Gasteiger charge is -2.34. The van der Waals surface area contributed by atoms with Crippen LogP contribution in [0.25, 0.3) is 10.6 Å². The van der Waals surface area contributed by atoms with Gasteiger partial charge in [-0.3, -0.25) is 4.90 Å². The Balaban J connectivity index is 1.28. The van der Waals surface area contributed by atoms with E-state index in [0.29, 0.717) is 0 Å². The summed E-state index contributed by atoms with van der Waals surface area (Å²) in [6, 6.07) is 12.0. The molecular weight excluding hydrogens is 376 g/mol. The SMILES string of the molecule is Cc1cccc(NC(=O)N2CCN(Cc3nc(-c4cccs4)cs3)CC2)c1. The summed E-state index contributed by atoms with van der Waals surface area (Å²) >= 11 is 3.43. The Hall–Kier alpha value is -2.22. The lowest BCUT2D eigenvalue weighted by Crippen LogP contribution is -2.49. The maximum atomic E-state index is 12.5. The summed E-state index contributed by atoms with van der Waals surface area (Å²) in [5.41, 5.74) is 3.07. The van der Waals surface area contributed by atoms with Gasteiger partial charge in [0, 0.05) is 37.2 Å². The minimum atomic E-state index is -0.0190. The maximum Gasteiger partial charge on any atom is 0.321 e. The molecule has 7 heteroatoms. The van der Waals surface area contributed by atoms with E-state index in [2.05, 4.69) is 33.1 Å². The van der Waals surface area contributed by atoms with Gasteiger partial charge in [0.15, 0.2) is 0 Å². The molecule has 0 spiro atoms. The number of piperazine rings is 1. The van der Waals surface area contributed by atoms with Crippen LogP contribution in [0.4, 0.5) is 10.5 Å². The molecule has 0 bridgehead atoms. The summed E-state index contributed by atoms with van der Waals surface area (Å²) in [6.45, 7) is 6.09. The van der Waals surface area contributed by atoms with Gasteiger partial charge in [0.25, 0.3) is 0 Å². The highest BCUT2D eigenvalue weighted by Crippen LogP contribution is 2.26. The molecule has 0 radical (unpaired) electrons. The van der Waals surface area contributed by atoms with Crippen molar-refractivity contribution < 1.29 is 4.79 Å². The standard InChI is InChI=1S/C20H22N4OS2/c1-15-4-2-5-16(12-15)21-20(25)24-9-7-23(8-10-24)13-19-22-17(14-27-19)18-6-3-11-26-18/h2-6,11-12,14H,7-10,13H2,1H3,(H,21,25). The Labute approximate surface area is 167 Å². The van der Waals surface area contributed by atoms with E-state index in [1.165, 1.54) is 4.88 Å². The van der Waals surface area contributed by atoms with Gasteiger partial charge < -0.3 is 10.2 Å². The zero-order chi connectivity index (χ0) is 18.6. The molecule has 0 aliphatic carbocycles. The molecule has 0 atom stereocenters. The average molecular weight is 399 g/mol. The first-order valence-corrected chi connectivity index (χ1v) is 10.8. The van der Waals surface area contributed by atoms with Crippen molar-refractivity contribution in [2.24, 2.45) is 0 Å². The summed E-state index contributed by atoms with van der Waals surface area (Å²) in [6.07, 6.45) is 0. The largest absolute Gasteiger partial charge is 0.322 e. The Bertz CT molecular complexity index is 898. The van der Waals surface area contributed by atoms with Crippen LogP contribution in [0.3, 0.4) is 0 Å².